The molecule has 0 amide bonds. The number of rotatable bonds is 3. The normalized spacial score (nSPS) is 17.2. The zero-order valence-corrected chi connectivity index (χ0v) is 13.1. The van der Waals surface area contributed by atoms with Crippen LogP contribution in [0.1, 0.15) is 30.5 Å². The Morgan fingerprint density at radius 2 is 1.89 bits per heavy atom. The Morgan fingerprint density at radius 1 is 1.26 bits per heavy atom. The van der Waals surface area contributed by atoms with E-state index in [1.807, 2.05) is 19.1 Å². The van der Waals surface area contributed by atoms with Gasteiger partial charge in [-0.3, -0.25) is 4.90 Å². The lowest BCUT2D eigenvalue weighted by Crippen LogP contribution is -2.45. The van der Waals surface area contributed by atoms with Crippen molar-refractivity contribution in [1.82, 2.24) is 10.2 Å². The van der Waals surface area contributed by atoms with Crippen molar-refractivity contribution in [1.29, 1.82) is 0 Å². The fourth-order valence-corrected chi connectivity index (χ4v) is 2.59. The quantitative estimate of drug-likeness (QED) is 0.921. The van der Waals surface area contributed by atoms with Crippen molar-refractivity contribution < 1.29 is 4.39 Å². The van der Waals surface area contributed by atoms with E-state index >= 15 is 0 Å². The molecule has 1 aromatic rings. The van der Waals surface area contributed by atoms with Crippen LogP contribution in [0.2, 0.25) is 0 Å². The van der Waals surface area contributed by atoms with Gasteiger partial charge in [-0.1, -0.05) is 24.6 Å². The second kappa shape index (κ2) is 8.75. The second-order valence-electron chi connectivity index (χ2n) is 4.73. The van der Waals surface area contributed by atoms with Crippen LogP contribution in [0.25, 0.3) is 0 Å². The lowest BCUT2D eigenvalue weighted by Gasteiger charge is -2.35. The molecule has 110 valence electrons. The van der Waals surface area contributed by atoms with Crippen LogP contribution < -0.4 is 5.32 Å². The van der Waals surface area contributed by atoms with Gasteiger partial charge in [0.15, 0.2) is 0 Å². The van der Waals surface area contributed by atoms with Gasteiger partial charge < -0.3 is 5.32 Å². The summed E-state index contributed by atoms with van der Waals surface area (Å²) in [5.41, 5.74) is 1.99. The molecule has 1 saturated heterocycles. The van der Waals surface area contributed by atoms with Gasteiger partial charge >= 0.3 is 0 Å². The maximum absolute atomic E-state index is 13.9. The average Bonchev–Trinajstić information content (AvgIpc) is 2.36. The maximum atomic E-state index is 13.9. The lowest BCUT2D eigenvalue weighted by atomic mass is 9.99. The van der Waals surface area contributed by atoms with Crippen LogP contribution in [0.3, 0.4) is 0 Å². The van der Waals surface area contributed by atoms with Gasteiger partial charge in [-0.25, -0.2) is 4.39 Å². The molecule has 1 aliphatic rings. The molecule has 1 atom stereocenters. The lowest BCUT2D eigenvalue weighted by molar-refractivity contribution is 0.166. The minimum Gasteiger partial charge on any atom is -0.314 e. The monoisotopic (exact) mass is 308 g/mol. The van der Waals surface area contributed by atoms with Gasteiger partial charge in [-0.2, -0.15) is 0 Å². The zero-order valence-electron chi connectivity index (χ0n) is 11.5. The molecule has 0 aromatic heterocycles. The molecule has 0 unspecified atom stereocenters. The summed E-state index contributed by atoms with van der Waals surface area (Å²) in [6, 6.07) is 5.64. The number of piperazine rings is 1. The summed E-state index contributed by atoms with van der Waals surface area (Å²) in [4.78, 5) is 2.38. The van der Waals surface area contributed by atoms with Crippen molar-refractivity contribution >= 4 is 24.8 Å². The first-order chi connectivity index (χ1) is 8.22. The second-order valence-corrected chi connectivity index (χ2v) is 4.73. The van der Waals surface area contributed by atoms with Crippen molar-refractivity contribution in [3.63, 3.8) is 0 Å². The largest absolute Gasteiger partial charge is 0.314 e. The van der Waals surface area contributed by atoms with E-state index in [0.29, 0.717) is 0 Å². The third-order valence-corrected chi connectivity index (χ3v) is 3.49. The van der Waals surface area contributed by atoms with E-state index in [2.05, 4.69) is 17.1 Å². The minimum absolute atomic E-state index is 0. The Labute approximate surface area is 127 Å². The Bertz CT molecular complexity index is 382. The van der Waals surface area contributed by atoms with Gasteiger partial charge in [-0.15, -0.1) is 24.8 Å². The number of benzene rings is 1. The van der Waals surface area contributed by atoms with E-state index in [4.69, 9.17) is 0 Å². The molecule has 0 spiro atoms. The van der Waals surface area contributed by atoms with Crippen LogP contribution in [0, 0.1) is 12.7 Å². The zero-order chi connectivity index (χ0) is 12.3. The summed E-state index contributed by atoms with van der Waals surface area (Å²) in [5, 5.41) is 3.34. The van der Waals surface area contributed by atoms with Crippen LogP contribution in [0.15, 0.2) is 18.2 Å². The van der Waals surface area contributed by atoms with Crippen molar-refractivity contribution in [3.8, 4) is 0 Å². The molecule has 5 heteroatoms. The first-order valence-corrected chi connectivity index (χ1v) is 6.43. The van der Waals surface area contributed by atoms with Gasteiger partial charge in [-0.05, 0) is 19.4 Å². The molecule has 1 aromatic carbocycles. The van der Waals surface area contributed by atoms with Gasteiger partial charge in [0.1, 0.15) is 5.82 Å². The van der Waals surface area contributed by atoms with Crippen molar-refractivity contribution in [2.45, 2.75) is 26.3 Å². The van der Waals surface area contributed by atoms with E-state index in [1.54, 1.807) is 6.07 Å². The summed E-state index contributed by atoms with van der Waals surface area (Å²) >= 11 is 0. The van der Waals surface area contributed by atoms with Crippen LogP contribution in [0.5, 0.6) is 0 Å². The van der Waals surface area contributed by atoms with E-state index in [1.165, 1.54) is 0 Å². The number of nitrogens with one attached hydrogen (secondary N) is 1. The Balaban J connectivity index is 0.00000162. The molecular formula is C14H23Cl2FN2. The molecule has 2 nitrogen and oxygen atoms in total. The first-order valence-electron chi connectivity index (χ1n) is 6.43. The number of halogens is 3. The highest BCUT2D eigenvalue weighted by molar-refractivity contribution is 5.85. The Morgan fingerprint density at radius 3 is 2.47 bits per heavy atom. The number of hydrogen-bond donors (Lipinski definition) is 1. The van der Waals surface area contributed by atoms with Crippen molar-refractivity contribution in [2.24, 2.45) is 0 Å². The summed E-state index contributed by atoms with van der Waals surface area (Å²) in [6.45, 7) is 8.17. The van der Waals surface area contributed by atoms with Crippen LogP contribution >= 0.6 is 24.8 Å². The highest BCUT2D eigenvalue weighted by Gasteiger charge is 2.22. The predicted molar refractivity (Wildman–Crippen MR) is 83.1 cm³/mol. The molecule has 2 rings (SSSR count). The predicted octanol–water partition coefficient (Wildman–Crippen LogP) is 3.33. The van der Waals surface area contributed by atoms with E-state index < -0.39 is 0 Å². The molecule has 0 saturated carbocycles. The topological polar surface area (TPSA) is 15.3 Å². The number of nitrogens with zero attached hydrogens (tertiary/aromatic N) is 1. The summed E-state index contributed by atoms with van der Waals surface area (Å²) < 4.78 is 13.9. The third-order valence-electron chi connectivity index (χ3n) is 3.49. The maximum Gasteiger partial charge on any atom is 0.128 e. The van der Waals surface area contributed by atoms with Gasteiger partial charge in [0.05, 0.1) is 0 Å². The standard InChI is InChI=1S/C14H21FN2.2ClH/c1-3-14(17-8-6-16-7-9-17)12-10-11(2)4-5-13(12)15;;/h4-5,10,14,16H,3,6-9H2,1-2H3;2*1H/t14-;;/m1../s1. The fraction of sp³-hybridized carbons (Fsp3) is 0.571. The smallest absolute Gasteiger partial charge is 0.128 e. The van der Waals surface area contributed by atoms with Crippen LogP contribution in [-0.2, 0) is 0 Å². The van der Waals surface area contributed by atoms with Gasteiger partial charge in [0.2, 0.25) is 0 Å². The molecule has 0 aliphatic carbocycles. The van der Waals surface area contributed by atoms with Gasteiger partial charge in [0.25, 0.3) is 0 Å². The summed E-state index contributed by atoms with van der Waals surface area (Å²) in [7, 11) is 0. The van der Waals surface area contributed by atoms with E-state index in [-0.39, 0.29) is 36.7 Å². The van der Waals surface area contributed by atoms with E-state index in [9.17, 15) is 4.39 Å². The molecular weight excluding hydrogens is 286 g/mol. The molecule has 0 bridgehead atoms. The van der Waals surface area contributed by atoms with Crippen molar-refractivity contribution in [2.75, 3.05) is 26.2 Å². The van der Waals surface area contributed by atoms with Crippen LogP contribution in [0.4, 0.5) is 4.39 Å². The van der Waals surface area contributed by atoms with Crippen molar-refractivity contribution in [3.05, 3.63) is 35.1 Å². The molecule has 1 fully saturated rings. The minimum atomic E-state index is -0.0685. The average molecular weight is 309 g/mol. The molecule has 0 radical (unpaired) electrons. The highest BCUT2D eigenvalue weighted by Crippen LogP contribution is 2.27. The number of aryl methyl sites for hydroxylation is 1. The van der Waals surface area contributed by atoms with E-state index in [0.717, 1.165) is 43.7 Å². The summed E-state index contributed by atoms with van der Waals surface area (Å²) in [6.07, 6.45) is 0.959. The first kappa shape index (κ1) is 18.7. The Hall–Kier alpha value is -0.350. The molecule has 19 heavy (non-hydrogen) atoms. The Kier molecular flexibility index (Phi) is 8.59. The summed E-state index contributed by atoms with van der Waals surface area (Å²) in [5.74, 6) is -0.0685. The number of hydrogen-bond acceptors (Lipinski definition) is 2. The van der Waals surface area contributed by atoms with Crippen LogP contribution in [-0.4, -0.2) is 31.1 Å². The SMILES string of the molecule is CC[C@H](c1cc(C)ccc1F)N1CCNCC1.Cl.Cl. The third kappa shape index (κ3) is 4.60. The molecule has 1 N–H and O–H groups in total. The van der Waals surface area contributed by atoms with Gasteiger partial charge in [0, 0.05) is 37.8 Å². The molecule has 1 heterocycles. The fourth-order valence-electron chi connectivity index (χ4n) is 2.59. The molecule has 1 aliphatic heterocycles. The highest BCUT2D eigenvalue weighted by atomic mass is 35.5.